The van der Waals surface area contributed by atoms with E-state index in [4.69, 9.17) is 4.42 Å². The van der Waals surface area contributed by atoms with E-state index in [1.165, 1.54) is 6.07 Å². The van der Waals surface area contributed by atoms with Crippen LogP contribution in [-0.2, 0) is 17.4 Å². The van der Waals surface area contributed by atoms with Crippen molar-refractivity contribution in [3.05, 3.63) is 119 Å². The molecule has 43 heavy (non-hydrogen) atoms. The lowest BCUT2D eigenvalue weighted by Gasteiger charge is -2.21. The van der Waals surface area contributed by atoms with E-state index in [9.17, 15) is 27.9 Å². The number of carboxylic acid groups (broad SMARTS) is 1. The third kappa shape index (κ3) is 6.30. The molecular weight excluding hydrogens is 557 g/mol. The smallest absolute Gasteiger partial charge is 0.449 e. The molecule has 0 amide bonds. The molecule has 0 radical (unpaired) electrons. The number of nitrogens with zero attached hydrogens (tertiary/aromatic N) is 1. The second kappa shape index (κ2) is 11.8. The van der Waals surface area contributed by atoms with E-state index < -0.39 is 29.9 Å². The van der Waals surface area contributed by atoms with Crippen LogP contribution in [0.15, 0.2) is 89.3 Å². The van der Waals surface area contributed by atoms with Gasteiger partial charge in [0.05, 0.1) is 17.5 Å². The maximum absolute atomic E-state index is 14.2. The summed E-state index contributed by atoms with van der Waals surface area (Å²) >= 11 is 0. The number of hydrogen-bond donors (Lipinski definition) is 2. The molecule has 3 aromatic carbocycles. The zero-order valence-electron chi connectivity index (χ0n) is 23.7. The van der Waals surface area contributed by atoms with E-state index in [-0.39, 0.29) is 18.0 Å². The minimum absolute atomic E-state index is 0.0203. The maximum Gasteiger partial charge on any atom is 0.449 e. The van der Waals surface area contributed by atoms with E-state index in [1.54, 1.807) is 31.2 Å². The molecule has 0 spiro atoms. The number of para-hydroxylation sites is 1. The summed E-state index contributed by atoms with van der Waals surface area (Å²) in [5, 5.41) is 13.3. The summed E-state index contributed by atoms with van der Waals surface area (Å²) in [6.45, 7) is 5.24. The summed E-state index contributed by atoms with van der Waals surface area (Å²) in [4.78, 5) is 30.2. The number of benzene rings is 3. The van der Waals surface area contributed by atoms with Crippen molar-refractivity contribution in [3.8, 4) is 11.1 Å². The normalized spacial score (nSPS) is 13.1. The van der Waals surface area contributed by atoms with Crippen LogP contribution in [0.2, 0.25) is 0 Å². The van der Waals surface area contributed by atoms with Crippen molar-refractivity contribution in [1.29, 1.82) is 0 Å². The van der Waals surface area contributed by atoms with Crippen molar-refractivity contribution in [2.24, 2.45) is 0 Å². The molecule has 2 aromatic heterocycles. The third-order valence-corrected chi connectivity index (χ3v) is 7.60. The number of pyridine rings is 1. The number of rotatable bonds is 9. The fourth-order valence-corrected chi connectivity index (χ4v) is 5.06. The Labute approximate surface area is 246 Å². The average Bonchev–Trinajstić information content (AvgIpc) is 3.47. The Kier molecular flexibility index (Phi) is 8.08. The summed E-state index contributed by atoms with van der Waals surface area (Å²) in [5.41, 5.74) is 5.38. The number of nitrogens with one attached hydrogen (secondary N) is 1. The van der Waals surface area contributed by atoms with Gasteiger partial charge in [0.2, 0.25) is 5.76 Å². The largest absolute Gasteiger partial charge is 0.481 e. The van der Waals surface area contributed by atoms with Crippen LogP contribution in [0.4, 0.5) is 18.9 Å². The zero-order valence-corrected chi connectivity index (χ0v) is 23.7. The van der Waals surface area contributed by atoms with Crippen LogP contribution in [0.3, 0.4) is 0 Å². The van der Waals surface area contributed by atoms with Gasteiger partial charge in [-0.25, -0.2) is 0 Å². The Hall–Kier alpha value is -4.92. The molecule has 0 fully saturated rings. The average molecular weight is 587 g/mol. The number of furan rings is 1. The number of halogens is 3. The first kappa shape index (κ1) is 29.6. The number of aliphatic carboxylic acids is 1. The molecule has 0 aliphatic heterocycles. The van der Waals surface area contributed by atoms with Crippen molar-refractivity contribution < 1.29 is 32.3 Å². The Morgan fingerprint density at radius 2 is 1.65 bits per heavy atom. The monoisotopic (exact) mass is 586 g/mol. The Morgan fingerprint density at radius 3 is 2.33 bits per heavy atom. The lowest BCUT2D eigenvalue weighted by Crippen LogP contribution is -2.32. The number of hydrogen-bond acceptors (Lipinski definition) is 5. The molecule has 5 rings (SSSR count). The zero-order chi connectivity index (χ0) is 30.9. The first-order valence-electron chi connectivity index (χ1n) is 13.7. The number of alkyl halides is 3. The SMILES string of the molecule is Cc1nc2ccccc2c(C(=O)C(Cc2ccc(C(F)(F)F)o2)Nc2ccc(-c3cccc(C(C)C(=O)O)c3)cc2)c1C. The summed E-state index contributed by atoms with van der Waals surface area (Å²) < 4.78 is 44.9. The molecule has 0 saturated heterocycles. The van der Waals surface area contributed by atoms with Crippen LogP contribution in [0.25, 0.3) is 22.0 Å². The summed E-state index contributed by atoms with van der Waals surface area (Å²) in [7, 11) is 0. The van der Waals surface area contributed by atoms with E-state index in [0.717, 1.165) is 17.2 Å². The molecule has 5 aromatic rings. The first-order valence-corrected chi connectivity index (χ1v) is 13.7. The minimum atomic E-state index is -4.64. The lowest BCUT2D eigenvalue weighted by atomic mass is 9.92. The predicted octanol–water partition coefficient (Wildman–Crippen LogP) is 8.22. The van der Waals surface area contributed by atoms with Gasteiger partial charge in [-0.2, -0.15) is 13.2 Å². The fourth-order valence-electron chi connectivity index (χ4n) is 5.06. The topological polar surface area (TPSA) is 92.4 Å². The van der Waals surface area contributed by atoms with Gasteiger partial charge in [-0.05, 0) is 73.4 Å². The number of carboxylic acids is 1. The van der Waals surface area contributed by atoms with Gasteiger partial charge in [0.1, 0.15) is 5.76 Å². The fraction of sp³-hybridized carbons (Fsp3) is 0.206. The predicted molar refractivity (Wildman–Crippen MR) is 158 cm³/mol. The van der Waals surface area contributed by atoms with Crippen LogP contribution in [-0.4, -0.2) is 27.9 Å². The van der Waals surface area contributed by atoms with Crippen LogP contribution in [0.5, 0.6) is 0 Å². The molecule has 0 aliphatic carbocycles. The number of carbonyl (C=O) groups excluding carboxylic acids is 1. The van der Waals surface area contributed by atoms with Gasteiger partial charge >= 0.3 is 12.1 Å². The summed E-state index contributed by atoms with van der Waals surface area (Å²) in [6.07, 6.45) is -4.77. The first-order chi connectivity index (χ1) is 20.4. The van der Waals surface area contributed by atoms with Crippen LogP contribution in [0.1, 0.15) is 51.5 Å². The maximum atomic E-state index is 14.2. The minimum Gasteiger partial charge on any atom is -0.481 e. The Morgan fingerprint density at radius 1 is 0.930 bits per heavy atom. The van der Waals surface area contributed by atoms with E-state index in [1.807, 2.05) is 62.4 Å². The van der Waals surface area contributed by atoms with Crippen molar-refractivity contribution in [2.45, 2.75) is 45.3 Å². The lowest BCUT2D eigenvalue weighted by molar-refractivity contribution is -0.153. The quantitative estimate of drug-likeness (QED) is 0.169. The molecule has 220 valence electrons. The number of aryl methyl sites for hydroxylation is 1. The van der Waals surface area contributed by atoms with Gasteiger partial charge in [0, 0.05) is 28.8 Å². The van der Waals surface area contributed by atoms with Crippen molar-refractivity contribution in [2.75, 3.05) is 5.32 Å². The number of ketones is 1. The number of Topliss-reactive ketones (excluding diaryl/α,β-unsaturated/α-hetero) is 1. The summed E-state index contributed by atoms with van der Waals surface area (Å²) in [6, 6.07) is 22.9. The second-order valence-electron chi connectivity index (χ2n) is 10.5. The summed E-state index contributed by atoms with van der Waals surface area (Å²) in [5.74, 6) is -2.99. The van der Waals surface area contributed by atoms with Crippen molar-refractivity contribution >= 4 is 28.3 Å². The highest BCUT2D eigenvalue weighted by Gasteiger charge is 2.35. The van der Waals surface area contributed by atoms with E-state index in [2.05, 4.69) is 10.3 Å². The number of fused-ring (bicyclic) bond motifs is 1. The number of aromatic nitrogens is 1. The third-order valence-electron chi connectivity index (χ3n) is 7.60. The van der Waals surface area contributed by atoms with Gasteiger partial charge in [-0.15, -0.1) is 0 Å². The van der Waals surface area contributed by atoms with Gasteiger partial charge in [-0.3, -0.25) is 14.6 Å². The molecule has 0 bridgehead atoms. The molecule has 2 unspecified atom stereocenters. The van der Waals surface area contributed by atoms with E-state index in [0.29, 0.717) is 39.0 Å². The van der Waals surface area contributed by atoms with Crippen LogP contribution >= 0.6 is 0 Å². The standard InChI is InChI=1S/C34H29F3N2O4/c1-19-21(3)38-28-10-5-4-9-27(28)31(19)32(40)29(18-26-15-16-30(43-26)34(35,36)37)39-25-13-11-22(12-14-25)24-8-6-7-23(17-24)20(2)33(41)42/h4-17,20,29,39H,18H2,1-3H3,(H,41,42). The van der Waals surface area contributed by atoms with Crippen molar-refractivity contribution in [1.82, 2.24) is 4.98 Å². The second-order valence-corrected chi connectivity index (χ2v) is 10.5. The van der Waals surface area contributed by atoms with Crippen LogP contribution in [0, 0.1) is 13.8 Å². The molecule has 2 N–H and O–H groups in total. The molecule has 2 heterocycles. The van der Waals surface area contributed by atoms with E-state index >= 15 is 0 Å². The molecule has 0 saturated carbocycles. The molecule has 2 atom stereocenters. The molecule has 9 heteroatoms. The Bertz CT molecular complexity index is 1810. The highest BCUT2D eigenvalue weighted by atomic mass is 19.4. The van der Waals surface area contributed by atoms with Gasteiger partial charge in [0.25, 0.3) is 0 Å². The highest BCUT2D eigenvalue weighted by Crippen LogP contribution is 2.32. The van der Waals surface area contributed by atoms with Crippen LogP contribution < -0.4 is 5.32 Å². The van der Waals surface area contributed by atoms with Gasteiger partial charge < -0.3 is 14.8 Å². The van der Waals surface area contributed by atoms with Crippen molar-refractivity contribution in [3.63, 3.8) is 0 Å². The highest BCUT2D eigenvalue weighted by molar-refractivity contribution is 6.12. The number of carbonyl (C=O) groups is 2. The molecular formula is C34H29F3N2O4. The molecule has 0 aliphatic rings. The van der Waals surface area contributed by atoms with Gasteiger partial charge in [-0.1, -0.05) is 54.6 Å². The molecule has 6 nitrogen and oxygen atoms in total. The Balaban J connectivity index is 1.49. The van der Waals surface area contributed by atoms with Gasteiger partial charge in [0.15, 0.2) is 5.78 Å². The number of anilines is 1.